The largest absolute Gasteiger partial charge is 0.497 e. The van der Waals surface area contributed by atoms with Crippen LogP contribution >= 0.6 is 0 Å². The van der Waals surface area contributed by atoms with Crippen LogP contribution in [-0.4, -0.2) is 16.8 Å². The molecule has 0 amide bonds. The van der Waals surface area contributed by atoms with Crippen LogP contribution in [-0.2, 0) is 0 Å². The van der Waals surface area contributed by atoms with Crippen molar-refractivity contribution in [1.82, 2.24) is 4.57 Å². The first-order valence-electron chi connectivity index (χ1n) is 6.95. The fourth-order valence-electron chi connectivity index (χ4n) is 2.44. The average Bonchev–Trinajstić information content (AvgIpc) is 3.04. The highest BCUT2D eigenvalue weighted by atomic mass is 19.1. The standard InChI is InChI=1S/C18H16FNO2/c1-22-14-10-8-13(9-11-14)18(21)17-7-4-12-20(17)16-6-3-2-5-15(16)19/h2-12,18,21H,1H3. The van der Waals surface area contributed by atoms with E-state index in [-0.39, 0.29) is 5.82 Å². The molecule has 112 valence electrons. The third kappa shape index (κ3) is 2.61. The number of hydrogen-bond acceptors (Lipinski definition) is 2. The van der Waals surface area contributed by atoms with Crippen LogP contribution in [0.3, 0.4) is 0 Å². The predicted octanol–water partition coefficient (Wildman–Crippen LogP) is 3.71. The Labute approximate surface area is 128 Å². The van der Waals surface area contributed by atoms with Gasteiger partial charge >= 0.3 is 0 Å². The van der Waals surface area contributed by atoms with Crippen LogP contribution in [0, 0.1) is 5.82 Å². The molecule has 3 nitrogen and oxygen atoms in total. The first kappa shape index (κ1) is 14.4. The van der Waals surface area contributed by atoms with Crippen molar-refractivity contribution in [3.05, 3.63) is 83.9 Å². The fourth-order valence-corrected chi connectivity index (χ4v) is 2.44. The average molecular weight is 297 g/mol. The van der Waals surface area contributed by atoms with E-state index >= 15 is 0 Å². The van der Waals surface area contributed by atoms with Crippen molar-refractivity contribution >= 4 is 0 Å². The summed E-state index contributed by atoms with van der Waals surface area (Å²) in [6, 6.07) is 17.2. The zero-order valence-electron chi connectivity index (χ0n) is 12.1. The number of aliphatic hydroxyl groups excluding tert-OH is 1. The molecular weight excluding hydrogens is 281 g/mol. The molecule has 0 aliphatic rings. The number of halogens is 1. The van der Waals surface area contributed by atoms with Crippen LogP contribution in [0.2, 0.25) is 0 Å². The first-order valence-corrected chi connectivity index (χ1v) is 6.95. The smallest absolute Gasteiger partial charge is 0.147 e. The van der Waals surface area contributed by atoms with Crippen molar-refractivity contribution in [3.8, 4) is 11.4 Å². The van der Waals surface area contributed by atoms with Gasteiger partial charge in [-0.3, -0.25) is 0 Å². The van der Waals surface area contributed by atoms with Crippen LogP contribution in [0.5, 0.6) is 5.75 Å². The summed E-state index contributed by atoms with van der Waals surface area (Å²) in [5.41, 5.74) is 1.74. The van der Waals surface area contributed by atoms with E-state index < -0.39 is 6.10 Å². The molecule has 3 aromatic rings. The predicted molar refractivity (Wildman–Crippen MR) is 82.8 cm³/mol. The maximum Gasteiger partial charge on any atom is 0.147 e. The molecule has 0 bridgehead atoms. The molecular formula is C18H16FNO2. The van der Waals surface area contributed by atoms with Crippen LogP contribution in [0.25, 0.3) is 5.69 Å². The number of nitrogens with zero attached hydrogens (tertiary/aromatic N) is 1. The van der Waals surface area contributed by atoms with E-state index in [9.17, 15) is 9.50 Å². The SMILES string of the molecule is COc1ccc(C(O)c2cccn2-c2ccccc2F)cc1. The van der Waals surface area contributed by atoms with Crippen LogP contribution in [0.1, 0.15) is 17.4 Å². The highest BCUT2D eigenvalue weighted by molar-refractivity contribution is 5.40. The molecule has 1 aromatic heterocycles. The second-order valence-corrected chi connectivity index (χ2v) is 4.93. The summed E-state index contributed by atoms with van der Waals surface area (Å²) in [5.74, 6) is 0.391. The zero-order chi connectivity index (χ0) is 15.5. The maximum absolute atomic E-state index is 14.0. The van der Waals surface area contributed by atoms with E-state index in [2.05, 4.69) is 0 Å². The van der Waals surface area contributed by atoms with Crippen LogP contribution < -0.4 is 4.74 Å². The number of aliphatic hydroxyl groups is 1. The van der Waals surface area contributed by atoms with E-state index in [0.717, 1.165) is 11.3 Å². The van der Waals surface area contributed by atoms with E-state index in [1.807, 2.05) is 0 Å². The van der Waals surface area contributed by atoms with Gasteiger partial charge in [0.15, 0.2) is 0 Å². The second kappa shape index (κ2) is 6.03. The van der Waals surface area contributed by atoms with Crippen molar-refractivity contribution < 1.29 is 14.2 Å². The van der Waals surface area contributed by atoms with Gasteiger partial charge in [0.05, 0.1) is 18.5 Å². The molecule has 1 heterocycles. The van der Waals surface area contributed by atoms with Crippen molar-refractivity contribution in [2.24, 2.45) is 0 Å². The molecule has 0 fully saturated rings. The molecule has 1 unspecified atom stereocenters. The molecule has 0 spiro atoms. The summed E-state index contributed by atoms with van der Waals surface area (Å²) in [7, 11) is 1.59. The Morgan fingerprint density at radius 1 is 1.00 bits per heavy atom. The molecule has 1 atom stereocenters. The lowest BCUT2D eigenvalue weighted by Gasteiger charge is -2.16. The van der Waals surface area contributed by atoms with E-state index in [0.29, 0.717) is 11.4 Å². The summed E-state index contributed by atoms with van der Waals surface area (Å²) >= 11 is 0. The summed E-state index contributed by atoms with van der Waals surface area (Å²) in [6.45, 7) is 0. The van der Waals surface area contributed by atoms with Gasteiger partial charge in [-0.2, -0.15) is 0 Å². The van der Waals surface area contributed by atoms with Crippen molar-refractivity contribution in [2.75, 3.05) is 7.11 Å². The van der Waals surface area contributed by atoms with Gasteiger partial charge in [-0.25, -0.2) is 4.39 Å². The number of hydrogen-bond donors (Lipinski definition) is 1. The Morgan fingerprint density at radius 2 is 1.73 bits per heavy atom. The van der Waals surface area contributed by atoms with E-state index in [1.165, 1.54) is 6.07 Å². The summed E-state index contributed by atoms with van der Waals surface area (Å²) in [6.07, 6.45) is 0.890. The molecule has 1 N–H and O–H groups in total. The Bertz CT molecular complexity index is 765. The minimum atomic E-state index is -0.847. The highest BCUT2D eigenvalue weighted by Crippen LogP contribution is 2.27. The number of rotatable bonds is 4. The van der Waals surface area contributed by atoms with Gasteiger partial charge < -0.3 is 14.4 Å². The minimum Gasteiger partial charge on any atom is -0.497 e. The molecule has 22 heavy (non-hydrogen) atoms. The van der Waals surface area contributed by atoms with Gasteiger partial charge in [0.2, 0.25) is 0 Å². The van der Waals surface area contributed by atoms with Crippen LogP contribution in [0.15, 0.2) is 66.9 Å². The van der Waals surface area contributed by atoms with Crippen molar-refractivity contribution in [3.63, 3.8) is 0 Å². The first-order chi connectivity index (χ1) is 10.7. The Balaban J connectivity index is 1.99. The Morgan fingerprint density at radius 3 is 2.41 bits per heavy atom. The highest BCUT2D eigenvalue weighted by Gasteiger charge is 2.16. The second-order valence-electron chi connectivity index (χ2n) is 4.93. The molecule has 0 saturated heterocycles. The summed E-state index contributed by atoms with van der Waals surface area (Å²) in [4.78, 5) is 0. The molecule has 3 rings (SSSR count). The number of ether oxygens (including phenoxy) is 1. The van der Waals surface area contributed by atoms with Gasteiger partial charge in [-0.1, -0.05) is 24.3 Å². The van der Waals surface area contributed by atoms with Crippen molar-refractivity contribution in [1.29, 1.82) is 0 Å². The molecule has 0 radical (unpaired) electrons. The minimum absolute atomic E-state index is 0.332. The quantitative estimate of drug-likeness (QED) is 0.796. The van der Waals surface area contributed by atoms with Gasteiger partial charge in [0.1, 0.15) is 17.7 Å². The zero-order valence-corrected chi connectivity index (χ0v) is 12.1. The molecule has 0 aliphatic heterocycles. The Kier molecular flexibility index (Phi) is 3.94. The summed E-state index contributed by atoms with van der Waals surface area (Å²) in [5, 5.41) is 10.6. The van der Waals surface area contributed by atoms with E-state index in [4.69, 9.17) is 4.74 Å². The van der Waals surface area contributed by atoms with Gasteiger partial charge in [0.25, 0.3) is 0 Å². The van der Waals surface area contributed by atoms with Gasteiger partial charge in [0, 0.05) is 6.20 Å². The monoisotopic (exact) mass is 297 g/mol. The number of benzene rings is 2. The van der Waals surface area contributed by atoms with Crippen LogP contribution in [0.4, 0.5) is 4.39 Å². The van der Waals surface area contributed by atoms with Gasteiger partial charge in [-0.15, -0.1) is 0 Å². The normalized spacial score (nSPS) is 12.1. The number of methoxy groups -OCH3 is 1. The third-order valence-corrected chi connectivity index (χ3v) is 3.60. The lowest BCUT2D eigenvalue weighted by Crippen LogP contribution is -2.08. The maximum atomic E-state index is 14.0. The summed E-state index contributed by atoms with van der Waals surface area (Å²) < 4.78 is 20.7. The topological polar surface area (TPSA) is 34.4 Å². The third-order valence-electron chi connectivity index (χ3n) is 3.60. The molecule has 0 saturated carbocycles. The molecule has 4 heteroatoms. The number of para-hydroxylation sites is 1. The lowest BCUT2D eigenvalue weighted by molar-refractivity contribution is 0.213. The van der Waals surface area contributed by atoms with Gasteiger partial charge in [-0.05, 0) is 42.0 Å². The van der Waals surface area contributed by atoms with Crippen molar-refractivity contribution in [2.45, 2.75) is 6.10 Å². The number of aromatic nitrogens is 1. The molecule has 2 aromatic carbocycles. The van der Waals surface area contributed by atoms with E-state index in [1.54, 1.807) is 72.5 Å². The molecule has 0 aliphatic carbocycles. The lowest BCUT2D eigenvalue weighted by atomic mass is 10.1. The fraction of sp³-hybridized carbons (Fsp3) is 0.111. The Hall–Kier alpha value is -2.59.